The minimum atomic E-state index is -4.14. The van der Waals surface area contributed by atoms with Crippen molar-refractivity contribution in [1.82, 2.24) is 14.7 Å². The lowest BCUT2D eigenvalue weighted by atomic mass is 10.2. The third kappa shape index (κ3) is 4.80. The summed E-state index contributed by atoms with van der Waals surface area (Å²) in [7, 11) is -4.14. The van der Waals surface area contributed by atoms with E-state index in [9.17, 15) is 23.1 Å². The number of nitrogens with zero attached hydrogens (tertiary/aromatic N) is 4. The topological polar surface area (TPSA) is 171 Å². The molecule has 30 heavy (non-hydrogen) atoms. The van der Waals surface area contributed by atoms with Crippen molar-refractivity contribution in [2.24, 2.45) is 10.2 Å². The molecular formula is C18H13N5O6S. The van der Waals surface area contributed by atoms with Crippen LogP contribution in [0.2, 0.25) is 0 Å². The Labute approximate surface area is 169 Å². The zero-order chi connectivity index (χ0) is 21.7. The van der Waals surface area contributed by atoms with Crippen LogP contribution in [0.5, 0.6) is 5.75 Å². The van der Waals surface area contributed by atoms with Crippen LogP contribution in [-0.4, -0.2) is 40.5 Å². The summed E-state index contributed by atoms with van der Waals surface area (Å²) in [6.45, 7) is 0. The number of benzene rings is 2. The average molecular weight is 427 g/mol. The highest BCUT2D eigenvalue weighted by Gasteiger charge is 2.19. The molecule has 1 heterocycles. The van der Waals surface area contributed by atoms with Gasteiger partial charge in [-0.05, 0) is 42.5 Å². The van der Waals surface area contributed by atoms with Crippen LogP contribution < -0.4 is 4.72 Å². The summed E-state index contributed by atoms with van der Waals surface area (Å²) in [6, 6.07) is 8.83. The van der Waals surface area contributed by atoms with Crippen molar-refractivity contribution in [3.05, 3.63) is 72.3 Å². The fourth-order valence-electron chi connectivity index (χ4n) is 2.21. The van der Waals surface area contributed by atoms with E-state index in [1.807, 2.05) is 4.72 Å². The first kappa shape index (κ1) is 20.5. The number of azo groups is 1. The summed E-state index contributed by atoms with van der Waals surface area (Å²) in [5, 5.41) is 26.2. The number of hydrogen-bond acceptors (Lipinski definition) is 9. The average Bonchev–Trinajstić information content (AvgIpc) is 2.73. The number of carboxylic acid groups (broad SMARTS) is 1. The Morgan fingerprint density at radius 3 is 2.27 bits per heavy atom. The van der Waals surface area contributed by atoms with E-state index in [4.69, 9.17) is 5.11 Å². The van der Waals surface area contributed by atoms with Crippen LogP contribution in [0.25, 0.3) is 0 Å². The van der Waals surface area contributed by atoms with Crippen molar-refractivity contribution in [3.8, 4) is 5.75 Å². The summed E-state index contributed by atoms with van der Waals surface area (Å²) in [4.78, 5) is 30.2. The Kier molecular flexibility index (Phi) is 5.78. The van der Waals surface area contributed by atoms with E-state index in [-0.39, 0.29) is 27.5 Å². The highest BCUT2D eigenvalue weighted by molar-refractivity contribution is 7.90. The van der Waals surface area contributed by atoms with Crippen LogP contribution in [-0.2, 0) is 10.0 Å². The number of sulfonamides is 1. The van der Waals surface area contributed by atoms with Gasteiger partial charge in [-0.2, -0.15) is 10.2 Å². The molecule has 3 aromatic rings. The van der Waals surface area contributed by atoms with E-state index in [1.54, 1.807) is 0 Å². The molecule has 2 aromatic carbocycles. The molecule has 0 aliphatic rings. The molecule has 152 valence electrons. The molecule has 0 radical (unpaired) electrons. The fraction of sp³-hybridized carbons (Fsp3) is 0. The van der Waals surface area contributed by atoms with Gasteiger partial charge < -0.3 is 10.2 Å². The number of carbonyl (C=O) groups excluding carboxylic acids is 1. The third-order valence-electron chi connectivity index (χ3n) is 3.66. The number of amides is 1. The summed E-state index contributed by atoms with van der Waals surface area (Å²) in [5.41, 5.74) is -0.0230. The summed E-state index contributed by atoms with van der Waals surface area (Å²) < 4.78 is 26.5. The molecule has 1 aromatic heterocycles. The number of carbonyl (C=O) groups is 2. The Balaban J connectivity index is 1.74. The molecule has 0 atom stereocenters. The first-order valence-corrected chi connectivity index (χ1v) is 9.66. The standard InChI is InChI=1S/C18H13N5O6S/c24-16-6-3-12(9-14(16)18(26)27)22-21-11-1-4-13(5-2-11)30(28,29)23-17(25)15-10-19-7-8-20-15/h1-10,24H,(H,23,25)(H,26,27). The first-order chi connectivity index (χ1) is 14.3. The number of aromatic carboxylic acids is 1. The third-order valence-corrected chi connectivity index (χ3v) is 5.01. The van der Waals surface area contributed by atoms with Crippen LogP contribution in [0.1, 0.15) is 20.8 Å². The van der Waals surface area contributed by atoms with Crippen molar-refractivity contribution < 1.29 is 28.2 Å². The van der Waals surface area contributed by atoms with Gasteiger partial charge in [0.2, 0.25) is 0 Å². The number of rotatable bonds is 6. The van der Waals surface area contributed by atoms with E-state index < -0.39 is 27.6 Å². The van der Waals surface area contributed by atoms with Gasteiger partial charge in [0.05, 0.1) is 22.5 Å². The van der Waals surface area contributed by atoms with Crippen molar-refractivity contribution in [2.45, 2.75) is 4.90 Å². The first-order valence-electron chi connectivity index (χ1n) is 8.17. The highest BCUT2D eigenvalue weighted by Crippen LogP contribution is 2.25. The molecule has 0 spiro atoms. The molecule has 0 saturated heterocycles. The molecule has 12 heteroatoms. The Bertz CT molecular complexity index is 1230. The quantitative estimate of drug-likeness (QED) is 0.503. The molecule has 0 bridgehead atoms. The zero-order valence-electron chi connectivity index (χ0n) is 15.0. The minimum absolute atomic E-state index is 0.152. The van der Waals surface area contributed by atoms with Crippen molar-refractivity contribution in [1.29, 1.82) is 0 Å². The highest BCUT2D eigenvalue weighted by atomic mass is 32.2. The van der Waals surface area contributed by atoms with Crippen molar-refractivity contribution in [2.75, 3.05) is 0 Å². The second-order valence-corrected chi connectivity index (χ2v) is 7.41. The Morgan fingerprint density at radius 2 is 1.63 bits per heavy atom. The maximum Gasteiger partial charge on any atom is 0.339 e. The van der Waals surface area contributed by atoms with Crippen molar-refractivity contribution >= 4 is 33.3 Å². The van der Waals surface area contributed by atoms with E-state index in [0.29, 0.717) is 0 Å². The SMILES string of the molecule is O=C(NS(=O)(=O)c1ccc(N=Nc2ccc(O)c(C(=O)O)c2)cc1)c1cnccn1. The minimum Gasteiger partial charge on any atom is -0.507 e. The van der Waals surface area contributed by atoms with Crippen LogP contribution in [0.3, 0.4) is 0 Å². The fourth-order valence-corrected chi connectivity index (χ4v) is 3.18. The second kappa shape index (κ2) is 8.45. The van der Waals surface area contributed by atoms with Crippen LogP contribution in [0, 0.1) is 0 Å². The molecule has 0 aliphatic carbocycles. The number of carboxylic acids is 1. The van der Waals surface area contributed by atoms with E-state index in [1.165, 1.54) is 48.8 Å². The van der Waals surface area contributed by atoms with Gasteiger partial charge in [-0.25, -0.2) is 22.9 Å². The summed E-state index contributed by atoms with van der Waals surface area (Å²) >= 11 is 0. The smallest absolute Gasteiger partial charge is 0.339 e. The number of nitrogens with one attached hydrogen (secondary N) is 1. The van der Waals surface area contributed by atoms with Gasteiger partial charge >= 0.3 is 5.97 Å². The Morgan fingerprint density at radius 1 is 0.967 bits per heavy atom. The lowest BCUT2D eigenvalue weighted by molar-refractivity contribution is 0.0693. The molecule has 0 aliphatic heterocycles. The molecule has 1 amide bonds. The van der Waals surface area contributed by atoms with Gasteiger partial charge in [0.15, 0.2) is 0 Å². The Hall–Kier alpha value is -4.19. The molecule has 3 N–H and O–H groups in total. The van der Waals surface area contributed by atoms with Gasteiger partial charge in [-0.15, -0.1) is 0 Å². The van der Waals surface area contributed by atoms with Gasteiger partial charge in [0, 0.05) is 12.4 Å². The molecule has 0 unspecified atom stereocenters. The number of phenols is 1. The monoisotopic (exact) mass is 427 g/mol. The summed E-state index contributed by atoms with van der Waals surface area (Å²) in [5.74, 6) is -2.64. The molecule has 0 fully saturated rings. The zero-order valence-corrected chi connectivity index (χ0v) is 15.8. The van der Waals surface area contributed by atoms with Crippen LogP contribution >= 0.6 is 0 Å². The predicted octanol–water partition coefficient (Wildman–Crippen LogP) is 2.41. The number of aromatic hydroxyl groups is 1. The summed E-state index contributed by atoms with van der Waals surface area (Å²) in [6.07, 6.45) is 3.74. The van der Waals surface area contributed by atoms with Gasteiger partial charge in [0.1, 0.15) is 17.0 Å². The number of aromatic nitrogens is 2. The molecule has 11 nitrogen and oxygen atoms in total. The predicted molar refractivity (Wildman–Crippen MR) is 102 cm³/mol. The lowest BCUT2D eigenvalue weighted by Gasteiger charge is -2.06. The van der Waals surface area contributed by atoms with Gasteiger partial charge in [-0.1, -0.05) is 0 Å². The van der Waals surface area contributed by atoms with Crippen molar-refractivity contribution in [3.63, 3.8) is 0 Å². The molecular weight excluding hydrogens is 414 g/mol. The lowest BCUT2D eigenvalue weighted by Crippen LogP contribution is -2.31. The van der Waals surface area contributed by atoms with Gasteiger partial charge in [0.25, 0.3) is 15.9 Å². The molecule has 0 saturated carbocycles. The second-order valence-electron chi connectivity index (χ2n) is 5.73. The number of hydrogen-bond donors (Lipinski definition) is 3. The maximum absolute atomic E-state index is 12.3. The molecule has 3 rings (SSSR count). The van der Waals surface area contributed by atoms with Gasteiger partial charge in [-0.3, -0.25) is 9.78 Å². The largest absolute Gasteiger partial charge is 0.507 e. The normalized spacial score (nSPS) is 11.3. The van der Waals surface area contributed by atoms with E-state index in [0.717, 1.165) is 12.3 Å². The van der Waals surface area contributed by atoms with E-state index >= 15 is 0 Å². The van der Waals surface area contributed by atoms with Crippen LogP contribution in [0.4, 0.5) is 11.4 Å². The van der Waals surface area contributed by atoms with Crippen LogP contribution in [0.15, 0.2) is 76.2 Å². The maximum atomic E-state index is 12.3. The van der Waals surface area contributed by atoms with E-state index in [2.05, 4.69) is 20.2 Å².